The lowest BCUT2D eigenvalue weighted by molar-refractivity contribution is 0.0921. The van der Waals surface area contributed by atoms with Crippen LogP contribution in [0.15, 0.2) is 48.5 Å². The highest BCUT2D eigenvalue weighted by atomic mass is 19.1. The topological polar surface area (TPSA) is 26.3 Å². The predicted octanol–water partition coefficient (Wildman–Crippen LogP) is 3.40. The van der Waals surface area contributed by atoms with E-state index in [0.29, 0.717) is 11.3 Å². The van der Waals surface area contributed by atoms with Gasteiger partial charge < -0.3 is 4.74 Å². The van der Waals surface area contributed by atoms with Crippen LogP contribution in [0.25, 0.3) is 0 Å². The molecule has 0 atom stereocenters. The number of ether oxygens (including phenoxy) is 1. The molecule has 0 aliphatic rings. The molecule has 0 aliphatic heterocycles. The Balaban J connectivity index is 1.98. The molecule has 0 radical (unpaired) electrons. The van der Waals surface area contributed by atoms with Gasteiger partial charge in [-0.2, -0.15) is 0 Å². The maximum Gasteiger partial charge on any atom is 0.200 e. The number of hydrogen-bond donors (Lipinski definition) is 0. The summed E-state index contributed by atoms with van der Waals surface area (Å²) in [6.07, 6.45) is 0. The van der Waals surface area contributed by atoms with Gasteiger partial charge in [0.1, 0.15) is 11.6 Å². The van der Waals surface area contributed by atoms with E-state index in [1.54, 1.807) is 24.3 Å². The second kappa shape index (κ2) is 5.45. The van der Waals surface area contributed by atoms with Crippen LogP contribution in [0.2, 0.25) is 0 Å². The third-order valence-electron chi connectivity index (χ3n) is 2.54. The molecule has 0 bridgehead atoms. The summed E-state index contributed by atoms with van der Waals surface area (Å²) in [5.74, 6) is -0.148. The van der Waals surface area contributed by atoms with E-state index in [1.165, 1.54) is 12.1 Å². The Morgan fingerprint density at radius 1 is 1.17 bits per heavy atom. The highest BCUT2D eigenvalue weighted by molar-refractivity contribution is 5.97. The van der Waals surface area contributed by atoms with Gasteiger partial charge in [-0.15, -0.1) is 0 Å². The first-order valence-electron chi connectivity index (χ1n) is 5.63. The number of hydrogen-bond acceptors (Lipinski definition) is 2. The number of aryl methyl sites for hydroxylation is 1. The van der Waals surface area contributed by atoms with Crippen LogP contribution in [0, 0.1) is 12.7 Å². The molecule has 0 saturated carbocycles. The summed E-state index contributed by atoms with van der Waals surface area (Å²) in [6, 6.07) is 13.0. The average Bonchev–Trinajstić information content (AvgIpc) is 2.37. The van der Waals surface area contributed by atoms with Gasteiger partial charge in [0.25, 0.3) is 0 Å². The largest absolute Gasteiger partial charge is 0.485 e. The highest BCUT2D eigenvalue weighted by Gasteiger charge is 2.06. The minimum atomic E-state index is -0.379. The Morgan fingerprint density at radius 3 is 2.56 bits per heavy atom. The van der Waals surface area contributed by atoms with Crippen molar-refractivity contribution in [3.05, 3.63) is 65.5 Å². The summed E-state index contributed by atoms with van der Waals surface area (Å²) < 4.78 is 18.1. The lowest BCUT2D eigenvalue weighted by Crippen LogP contribution is -2.11. The fourth-order valence-corrected chi connectivity index (χ4v) is 1.53. The lowest BCUT2D eigenvalue weighted by atomic mass is 10.1. The first-order chi connectivity index (χ1) is 8.65. The molecule has 0 heterocycles. The quantitative estimate of drug-likeness (QED) is 0.770. The summed E-state index contributed by atoms with van der Waals surface area (Å²) in [6.45, 7) is 1.87. The average molecular weight is 244 g/mol. The number of rotatable bonds is 4. The SMILES string of the molecule is Cc1ccc(C(=O)COc2cccc(F)c2)cc1. The molecule has 0 N–H and O–H groups in total. The molecule has 2 aromatic rings. The van der Waals surface area contributed by atoms with E-state index in [0.717, 1.165) is 5.56 Å². The number of ketones is 1. The smallest absolute Gasteiger partial charge is 0.200 e. The molecule has 2 rings (SSSR count). The van der Waals surface area contributed by atoms with E-state index in [1.807, 2.05) is 19.1 Å². The van der Waals surface area contributed by atoms with E-state index in [4.69, 9.17) is 4.74 Å². The van der Waals surface area contributed by atoms with Gasteiger partial charge in [0, 0.05) is 11.6 Å². The van der Waals surface area contributed by atoms with Crippen molar-refractivity contribution in [2.24, 2.45) is 0 Å². The van der Waals surface area contributed by atoms with Gasteiger partial charge in [-0.05, 0) is 19.1 Å². The van der Waals surface area contributed by atoms with Crippen LogP contribution < -0.4 is 4.74 Å². The van der Waals surface area contributed by atoms with E-state index in [2.05, 4.69) is 0 Å². The summed E-state index contributed by atoms with van der Waals surface area (Å²) in [5, 5.41) is 0. The van der Waals surface area contributed by atoms with Gasteiger partial charge in [-0.25, -0.2) is 4.39 Å². The van der Waals surface area contributed by atoms with Gasteiger partial charge in [0.05, 0.1) is 0 Å². The van der Waals surface area contributed by atoms with Crippen LogP contribution in [0.3, 0.4) is 0 Å². The Morgan fingerprint density at radius 2 is 1.89 bits per heavy atom. The Kier molecular flexibility index (Phi) is 3.72. The van der Waals surface area contributed by atoms with Crippen molar-refractivity contribution in [1.29, 1.82) is 0 Å². The van der Waals surface area contributed by atoms with Crippen molar-refractivity contribution in [2.75, 3.05) is 6.61 Å². The fraction of sp³-hybridized carbons (Fsp3) is 0.133. The number of Topliss-reactive ketones (excluding diaryl/α,β-unsaturated/α-hetero) is 1. The van der Waals surface area contributed by atoms with E-state index >= 15 is 0 Å². The molecule has 92 valence electrons. The fourth-order valence-electron chi connectivity index (χ4n) is 1.53. The van der Waals surface area contributed by atoms with Crippen LogP contribution in [0.5, 0.6) is 5.75 Å². The van der Waals surface area contributed by atoms with Gasteiger partial charge in [0.2, 0.25) is 0 Å². The predicted molar refractivity (Wildman–Crippen MR) is 67.4 cm³/mol. The Hall–Kier alpha value is -2.16. The standard InChI is InChI=1S/C15H13FO2/c1-11-5-7-12(8-6-11)15(17)10-18-14-4-2-3-13(16)9-14/h2-9H,10H2,1H3. The van der Waals surface area contributed by atoms with Crippen LogP contribution in [-0.4, -0.2) is 12.4 Å². The van der Waals surface area contributed by atoms with Crippen LogP contribution in [-0.2, 0) is 0 Å². The first-order valence-corrected chi connectivity index (χ1v) is 5.63. The molecule has 3 heteroatoms. The monoisotopic (exact) mass is 244 g/mol. The number of benzene rings is 2. The maximum atomic E-state index is 12.9. The molecular formula is C15H13FO2. The van der Waals surface area contributed by atoms with Crippen LogP contribution in [0.1, 0.15) is 15.9 Å². The Labute approximate surface area is 105 Å². The van der Waals surface area contributed by atoms with Crippen LogP contribution >= 0.6 is 0 Å². The summed E-state index contributed by atoms with van der Waals surface area (Å²) in [7, 11) is 0. The second-order valence-corrected chi connectivity index (χ2v) is 4.04. The molecule has 18 heavy (non-hydrogen) atoms. The van der Waals surface area contributed by atoms with E-state index in [9.17, 15) is 9.18 Å². The third-order valence-corrected chi connectivity index (χ3v) is 2.54. The maximum absolute atomic E-state index is 12.9. The molecule has 2 aromatic carbocycles. The zero-order valence-electron chi connectivity index (χ0n) is 10.0. The first kappa shape index (κ1) is 12.3. The van der Waals surface area contributed by atoms with Crippen molar-refractivity contribution in [1.82, 2.24) is 0 Å². The normalized spacial score (nSPS) is 10.1. The third kappa shape index (κ3) is 3.17. The zero-order valence-corrected chi connectivity index (χ0v) is 10.0. The molecule has 0 spiro atoms. The summed E-state index contributed by atoms with van der Waals surface area (Å²) >= 11 is 0. The minimum absolute atomic E-state index is 0.0908. The minimum Gasteiger partial charge on any atom is -0.485 e. The lowest BCUT2D eigenvalue weighted by Gasteiger charge is -2.05. The second-order valence-electron chi connectivity index (χ2n) is 4.04. The van der Waals surface area contributed by atoms with Crippen molar-refractivity contribution in [3.63, 3.8) is 0 Å². The molecule has 0 unspecified atom stereocenters. The molecule has 2 nitrogen and oxygen atoms in total. The van der Waals surface area contributed by atoms with E-state index in [-0.39, 0.29) is 18.2 Å². The Bertz CT molecular complexity index is 547. The van der Waals surface area contributed by atoms with Crippen LogP contribution in [0.4, 0.5) is 4.39 Å². The number of carbonyl (C=O) groups excluding carboxylic acids is 1. The molecule has 0 aromatic heterocycles. The number of halogens is 1. The number of carbonyl (C=O) groups is 1. The molecule has 0 saturated heterocycles. The van der Waals surface area contributed by atoms with E-state index < -0.39 is 0 Å². The van der Waals surface area contributed by atoms with Gasteiger partial charge >= 0.3 is 0 Å². The van der Waals surface area contributed by atoms with Gasteiger partial charge in [-0.3, -0.25) is 4.79 Å². The molecule has 0 fully saturated rings. The van der Waals surface area contributed by atoms with Gasteiger partial charge in [-0.1, -0.05) is 35.9 Å². The highest BCUT2D eigenvalue weighted by Crippen LogP contribution is 2.12. The molecule has 0 aliphatic carbocycles. The van der Waals surface area contributed by atoms with Crippen molar-refractivity contribution in [2.45, 2.75) is 6.92 Å². The summed E-state index contributed by atoms with van der Waals surface area (Å²) in [4.78, 5) is 11.8. The molecular weight excluding hydrogens is 231 g/mol. The van der Waals surface area contributed by atoms with Gasteiger partial charge in [0.15, 0.2) is 12.4 Å². The summed E-state index contributed by atoms with van der Waals surface area (Å²) in [5.41, 5.74) is 1.69. The molecule has 0 amide bonds. The van der Waals surface area contributed by atoms with Crippen molar-refractivity contribution in [3.8, 4) is 5.75 Å². The zero-order chi connectivity index (χ0) is 13.0. The van der Waals surface area contributed by atoms with Crippen molar-refractivity contribution >= 4 is 5.78 Å². The van der Waals surface area contributed by atoms with Crippen molar-refractivity contribution < 1.29 is 13.9 Å².